The Morgan fingerprint density at radius 1 is 1.06 bits per heavy atom. The Labute approximate surface area is 104 Å². The van der Waals surface area contributed by atoms with Gasteiger partial charge in [-0.3, -0.25) is 4.68 Å². The third-order valence-corrected chi connectivity index (χ3v) is 2.72. The minimum Gasteiger partial charge on any atom is -0.333 e. The number of aromatic nitrogens is 6. The average Bonchev–Trinajstić information content (AvgIpc) is 2.98. The predicted octanol–water partition coefficient (Wildman–Crippen LogP) is 1.28. The van der Waals surface area contributed by atoms with Crippen LogP contribution in [-0.4, -0.2) is 29.5 Å². The highest BCUT2D eigenvalue weighted by Crippen LogP contribution is 2.18. The van der Waals surface area contributed by atoms with Crippen LogP contribution in [0.2, 0.25) is 0 Å². The first kappa shape index (κ1) is 10.6. The molecule has 6 heteroatoms. The molecule has 0 saturated carbocycles. The van der Waals surface area contributed by atoms with Crippen LogP contribution in [0.15, 0.2) is 36.9 Å². The molecule has 6 nitrogen and oxygen atoms in total. The molecule has 0 amide bonds. The first-order valence-corrected chi connectivity index (χ1v) is 5.54. The van der Waals surface area contributed by atoms with E-state index in [1.807, 2.05) is 43.2 Å². The van der Waals surface area contributed by atoms with Crippen LogP contribution in [-0.2, 0) is 14.1 Å². The maximum Gasteiger partial charge on any atom is 0.160 e. The van der Waals surface area contributed by atoms with Crippen molar-refractivity contribution in [1.82, 2.24) is 29.5 Å². The highest BCUT2D eigenvalue weighted by Gasteiger charge is 2.07. The monoisotopic (exact) mass is 240 g/mol. The van der Waals surface area contributed by atoms with Crippen molar-refractivity contribution in [1.29, 1.82) is 0 Å². The van der Waals surface area contributed by atoms with Gasteiger partial charge in [0.2, 0.25) is 0 Å². The van der Waals surface area contributed by atoms with Gasteiger partial charge in [-0.15, -0.1) is 10.2 Å². The van der Waals surface area contributed by atoms with Crippen LogP contribution in [0.4, 0.5) is 0 Å². The molecule has 0 N–H and O–H groups in total. The van der Waals surface area contributed by atoms with Crippen LogP contribution in [0.3, 0.4) is 0 Å². The minimum absolute atomic E-state index is 0.759. The largest absolute Gasteiger partial charge is 0.333 e. The van der Waals surface area contributed by atoms with Crippen LogP contribution in [0.1, 0.15) is 0 Å². The summed E-state index contributed by atoms with van der Waals surface area (Å²) in [6, 6.07) is 3.84. The summed E-state index contributed by atoms with van der Waals surface area (Å²) >= 11 is 0. The minimum atomic E-state index is 0.759. The molecule has 3 aromatic rings. The Bertz CT molecular complexity index is 664. The molecule has 0 atom stereocenters. The zero-order chi connectivity index (χ0) is 12.5. The van der Waals surface area contributed by atoms with E-state index in [1.54, 1.807) is 17.1 Å². The van der Waals surface area contributed by atoms with Crippen molar-refractivity contribution in [3.63, 3.8) is 0 Å². The molecule has 0 aromatic carbocycles. The van der Waals surface area contributed by atoms with Crippen LogP contribution in [0, 0.1) is 0 Å². The summed E-state index contributed by atoms with van der Waals surface area (Å²) in [5.41, 5.74) is 2.52. The summed E-state index contributed by atoms with van der Waals surface area (Å²) in [5, 5.41) is 12.5. The standard InChI is InChI=1S/C12H12N6/c1-17-6-5-13-12(17)11-4-3-10(15-16-11)9-7-14-18(2)8-9/h3-8H,1-2H3. The highest BCUT2D eigenvalue weighted by atomic mass is 15.2. The van der Waals surface area contributed by atoms with Gasteiger partial charge in [0, 0.05) is 38.2 Å². The van der Waals surface area contributed by atoms with Gasteiger partial charge in [0.05, 0.1) is 11.9 Å². The van der Waals surface area contributed by atoms with Crippen molar-refractivity contribution < 1.29 is 0 Å². The third kappa shape index (κ3) is 1.77. The van der Waals surface area contributed by atoms with E-state index in [0.29, 0.717) is 0 Å². The van der Waals surface area contributed by atoms with Crippen molar-refractivity contribution in [3.8, 4) is 22.8 Å². The number of hydrogen-bond donors (Lipinski definition) is 0. The second-order valence-corrected chi connectivity index (χ2v) is 4.07. The maximum atomic E-state index is 4.24. The topological polar surface area (TPSA) is 61.4 Å². The molecule has 0 fully saturated rings. The highest BCUT2D eigenvalue weighted by molar-refractivity contribution is 5.59. The number of hydrogen-bond acceptors (Lipinski definition) is 4. The van der Waals surface area contributed by atoms with E-state index in [2.05, 4.69) is 20.3 Å². The van der Waals surface area contributed by atoms with E-state index < -0.39 is 0 Å². The van der Waals surface area contributed by atoms with Gasteiger partial charge in [0.25, 0.3) is 0 Å². The number of nitrogens with zero attached hydrogens (tertiary/aromatic N) is 6. The van der Waals surface area contributed by atoms with Crippen molar-refractivity contribution in [2.75, 3.05) is 0 Å². The summed E-state index contributed by atoms with van der Waals surface area (Å²) in [6.45, 7) is 0. The van der Waals surface area contributed by atoms with Crippen molar-refractivity contribution in [2.24, 2.45) is 14.1 Å². The Balaban J connectivity index is 1.97. The smallest absolute Gasteiger partial charge is 0.160 e. The van der Waals surface area contributed by atoms with E-state index in [9.17, 15) is 0 Å². The Kier molecular flexibility index (Phi) is 2.40. The quantitative estimate of drug-likeness (QED) is 0.677. The maximum absolute atomic E-state index is 4.24. The predicted molar refractivity (Wildman–Crippen MR) is 66.4 cm³/mol. The molecule has 0 aliphatic carbocycles. The van der Waals surface area contributed by atoms with E-state index in [0.717, 1.165) is 22.8 Å². The van der Waals surface area contributed by atoms with Gasteiger partial charge in [0.1, 0.15) is 5.69 Å². The summed E-state index contributed by atoms with van der Waals surface area (Å²) in [4.78, 5) is 4.24. The lowest BCUT2D eigenvalue weighted by Crippen LogP contribution is -1.96. The van der Waals surface area contributed by atoms with Crippen molar-refractivity contribution in [3.05, 3.63) is 36.9 Å². The van der Waals surface area contributed by atoms with Gasteiger partial charge in [0.15, 0.2) is 5.82 Å². The van der Waals surface area contributed by atoms with E-state index >= 15 is 0 Å². The van der Waals surface area contributed by atoms with Gasteiger partial charge >= 0.3 is 0 Å². The first-order chi connectivity index (χ1) is 8.74. The molecule has 0 unspecified atom stereocenters. The van der Waals surface area contributed by atoms with Crippen LogP contribution in [0.5, 0.6) is 0 Å². The average molecular weight is 240 g/mol. The van der Waals surface area contributed by atoms with Crippen molar-refractivity contribution in [2.45, 2.75) is 0 Å². The van der Waals surface area contributed by atoms with E-state index in [-0.39, 0.29) is 0 Å². The van der Waals surface area contributed by atoms with Gasteiger partial charge in [-0.25, -0.2) is 4.98 Å². The summed E-state index contributed by atoms with van der Waals surface area (Å²) in [7, 11) is 3.80. The molecule has 0 spiro atoms. The van der Waals surface area contributed by atoms with Crippen LogP contribution < -0.4 is 0 Å². The Hall–Kier alpha value is -2.50. The summed E-state index contributed by atoms with van der Waals surface area (Å²) < 4.78 is 3.65. The van der Waals surface area contributed by atoms with E-state index in [4.69, 9.17) is 0 Å². The fourth-order valence-electron chi connectivity index (χ4n) is 1.77. The molecule has 3 rings (SSSR count). The van der Waals surface area contributed by atoms with Gasteiger partial charge < -0.3 is 4.57 Å². The zero-order valence-corrected chi connectivity index (χ0v) is 10.1. The van der Waals surface area contributed by atoms with Crippen LogP contribution >= 0.6 is 0 Å². The third-order valence-electron chi connectivity index (χ3n) is 2.72. The molecule has 3 heterocycles. The lowest BCUT2D eigenvalue weighted by molar-refractivity contribution is 0.768. The van der Waals surface area contributed by atoms with Crippen LogP contribution in [0.25, 0.3) is 22.8 Å². The molecule has 0 bridgehead atoms. The molecule has 90 valence electrons. The van der Waals surface area contributed by atoms with Crippen molar-refractivity contribution >= 4 is 0 Å². The molecule has 0 saturated heterocycles. The molecule has 0 radical (unpaired) electrons. The molecule has 0 aliphatic rings. The first-order valence-electron chi connectivity index (χ1n) is 5.54. The Morgan fingerprint density at radius 2 is 1.83 bits per heavy atom. The lowest BCUT2D eigenvalue weighted by Gasteiger charge is -2.00. The number of imidazole rings is 1. The molecule has 3 aromatic heterocycles. The fraction of sp³-hybridized carbons (Fsp3) is 0.167. The second-order valence-electron chi connectivity index (χ2n) is 4.07. The zero-order valence-electron chi connectivity index (χ0n) is 10.1. The Morgan fingerprint density at radius 3 is 2.39 bits per heavy atom. The molecular weight excluding hydrogens is 228 g/mol. The second kappa shape index (κ2) is 4.06. The van der Waals surface area contributed by atoms with Gasteiger partial charge in [-0.1, -0.05) is 0 Å². The van der Waals surface area contributed by atoms with Gasteiger partial charge in [-0.05, 0) is 12.1 Å². The fourth-order valence-corrected chi connectivity index (χ4v) is 1.77. The molecule has 18 heavy (non-hydrogen) atoms. The molecule has 0 aliphatic heterocycles. The molecular formula is C12H12N6. The summed E-state index contributed by atoms with van der Waals surface area (Å²) in [5.74, 6) is 0.806. The SMILES string of the molecule is Cn1cc(-c2ccc(-c3nccn3C)nn2)cn1. The van der Waals surface area contributed by atoms with Gasteiger partial charge in [-0.2, -0.15) is 5.10 Å². The number of rotatable bonds is 2. The summed E-state index contributed by atoms with van der Waals surface area (Å²) in [6.07, 6.45) is 7.30. The number of aryl methyl sites for hydroxylation is 2. The normalized spacial score (nSPS) is 10.8. The van der Waals surface area contributed by atoms with E-state index in [1.165, 1.54) is 0 Å². The lowest BCUT2D eigenvalue weighted by atomic mass is 10.2.